The molecule has 0 rings (SSSR count). The van der Waals surface area contributed by atoms with Crippen molar-refractivity contribution in [1.82, 2.24) is 0 Å². The van der Waals surface area contributed by atoms with Gasteiger partial charge in [-0.25, -0.2) is 0 Å². The van der Waals surface area contributed by atoms with Crippen LogP contribution >= 0.6 is 0 Å². The average Bonchev–Trinajstić information content (AvgIpc) is 2.26. The van der Waals surface area contributed by atoms with Gasteiger partial charge >= 0.3 is 5.97 Å². The van der Waals surface area contributed by atoms with Crippen LogP contribution in [0.1, 0.15) is 6.92 Å². The van der Waals surface area contributed by atoms with E-state index in [2.05, 4.69) is 0 Å². The van der Waals surface area contributed by atoms with Crippen LogP contribution in [0, 0.1) is 0 Å². The molecule has 0 saturated carbocycles. The third-order valence-electron chi connectivity index (χ3n) is 1.46. The molecule has 0 heterocycles. The molecule has 8 nitrogen and oxygen atoms in total. The van der Waals surface area contributed by atoms with Crippen LogP contribution in [0.4, 0.5) is 0 Å². The molecule has 0 fully saturated rings. The van der Waals surface area contributed by atoms with Gasteiger partial charge in [-0.3, -0.25) is 4.79 Å². The first-order chi connectivity index (χ1) is 7.27. The summed E-state index contributed by atoms with van der Waals surface area (Å²) in [6.45, 7) is 0.731. The zero-order valence-electron chi connectivity index (χ0n) is 8.72. The van der Waals surface area contributed by atoms with Crippen molar-refractivity contribution in [1.29, 1.82) is 0 Å². The van der Waals surface area contributed by atoms with Crippen molar-refractivity contribution in [2.75, 3.05) is 6.61 Å². The van der Waals surface area contributed by atoms with Crippen LogP contribution in [0.15, 0.2) is 0 Å². The van der Waals surface area contributed by atoms with Gasteiger partial charge in [0.15, 0.2) is 6.29 Å². The highest BCUT2D eigenvalue weighted by atomic mass is 16.4. The van der Waals surface area contributed by atoms with Crippen molar-refractivity contribution in [2.45, 2.75) is 31.3 Å². The Balaban J connectivity index is 0. The topological polar surface area (TPSA) is 161 Å². The van der Waals surface area contributed by atoms with Gasteiger partial charge < -0.3 is 36.1 Å². The maximum Gasteiger partial charge on any atom is 0.320 e. The van der Waals surface area contributed by atoms with Crippen molar-refractivity contribution in [2.24, 2.45) is 5.73 Å². The first-order valence-corrected chi connectivity index (χ1v) is 4.36. The Hall–Kier alpha value is -1.06. The zero-order chi connectivity index (χ0) is 13.3. The number of carbonyl (C=O) groups excluding carboxylic acids is 1. The van der Waals surface area contributed by atoms with E-state index in [1.807, 2.05) is 0 Å². The second kappa shape index (κ2) is 9.19. The molecule has 0 saturated heterocycles. The third kappa shape index (κ3) is 8.26. The van der Waals surface area contributed by atoms with Crippen LogP contribution in [0.5, 0.6) is 0 Å². The molecule has 7 N–H and O–H groups in total. The zero-order valence-corrected chi connectivity index (χ0v) is 8.72. The van der Waals surface area contributed by atoms with Crippen LogP contribution in [-0.2, 0) is 9.59 Å². The fourth-order valence-corrected chi connectivity index (χ4v) is 0.416. The second-order valence-electron chi connectivity index (χ2n) is 2.99. The summed E-state index contributed by atoms with van der Waals surface area (Å²) in [5.74, 6) is -0.963. The summed E-state index contributed by atoms with van der Waals surface area (Å²) in [5, 5.41) is 41.9. The number of carbonyl (C=O) groups is 2. The third-order valence-corrected chi connectivity index (χ3v) is 1.46. The van der Waals surface area contributed by atoms with Crippen LogP contribution in [-0.4, -0.2) is 68.7 Å². The minimum atomic E-state index is -1.64. The lowest BCUT2D eigenvalue weighted by molar-refractivity contribution is -0.138. The first kappa shape index (κ1) is 17.3. The van der Waals surface area contributed by atoms with Gasteiger partial charge in [0.2, 0.25) is 0 Å². The van der Waals surface area contributed by atoms with Gasteiger partial charge in [-0.05, 0) is 6.92 Å². The summed E-state index contributed by atoms with van der Waals surface area (Å²) in [6.07, 6.45) is -4.63. The van der Waals surface area contributed by atoms with E-state index >= 15 is 0 Å². The number of nitrogens with two attached hydrogens (primary N) is 1. The summed E-state index contributed by atoms with van der Waals surface area (Å²) in [6, 6.07) is -0.731. The molecule has 0 amide bonds. The Bertz CT molecular complexity index is 209. The molecule has 0 spiro atoms. The van der Waals surface area contributed by atoms with Crippen LogP contribution in [0.25, 0.3) is 0 Å². The number of hydrogen-bond acceptors (Lipinski definition) is 7. The highest BCUT2D eigenvalue weighted by molar-refractivity contribution is 5.72. The molecule has 96 valence electrons. The molecule has 4 atom stereocenters. The number of hydrogen-bond donors (Lipinski definition) is 6. The summed E-state index contributed by atoms with van der Waals surface area (Å²) in [4.78, 5) is 19.3. The SMILES string of the molecule is CC(N)C(=O)O.O=C[C@H](O)[C@H](O)[C@H](O)CO. The number of carboxylic acids is 1. The molecule has 0 bridgehead atoms. The molecule has 0 radical (unpaired) electrons. The lowest BCUT2D eigenvalue weighted by Crippen LogP contribution is -2.40. The Morgan fingerprint density at radius 1 is 1.38 bits per heavy atom. The van der Waals surface area contributed by atoms with Gasteiger partial charge in [0.05, 0.1) is 6.61 Å². The van der Waals surface area contributed by atoms with E-state index in [4.69, 9.17) is 31.3 Å². The van der Waals surface area contributed by atoms with Gasteiger partial charge in [0, 0.05) is 0 Å². The maximum atomic E-state index is 9.76. The van der Waals surface area contributed by atoms with Crippen molar-refractivity contribution in [3.05, 3.63) is 0 Å². The van der Waals surface area contributed by atoms with Crippen molar-refractivity contribution < 1.29 is 35.1 Å². The summed E-state index contributed by atoms with van der Waals surface area (Å²) in [5.41, 5.74) is 4.84. The van der Waals surface area contributed by atoms with Crippen LogP contribution in [0.2, 0.25) is 0 Å². The smallest absolute Gasteiger partial charge is 0.320 e. The predicted molar refractivity (Wildman–Crippen MR) is 52.5 cm³/mol. The van der Waals surface area contributed by atoms with Gasteiger partial charge in [-0.1, -0.05) is 0 Å². The molecule has 0 aliphatic rings. The predicted octanol–water partition coefficient (Wildman–Crippen LogP) is -3.32. The molecule has 0 aromatic carbocycles. The Labute approximate surface area is 91.9 Å². The van der Waals surface area contributed by atoms with E-state index in [1.54, 1.807) is 0 Å². The second-order valence-corrected chi connectivity index (χ2v) is 2.99. The average molecular weight is 239 g/mol. The fraction of sp³-hybridized carbons (Fsp3) is 0.750. The Kier molecular flexibility index (Phi) is 9.96. The molecular weight excluding hydrogens is 222 g/mol. The van der Waals surface area contributed by atoms with E-state index in [0.29, 0.717) is 0 Å². The Morgan fingerprint density at radius 2 is 1.75 bits per heavy atom. The van der Waals surface area contributed by atoms with Crippen molar-refractivity contribution >= 4 is 12.3 Å². The minimum Gasteiger partial charge on any atom is -0.480 e. The van der Waals surface area contributed by atoms with Gasteiger partial charge in [-0.15, -0.1) is 0 Å². The van der Waals surface area contributed by atoms with E-state index in [-0.39, 0.29) is 6.29 Å². The van der Waals surface area contributed by atoms with E-state index < -0.39 is 36.9 Å². The molecule has 0 aliphatic carbocycles. The lowest BCUT2D eigenvalue weighted by Gasteiger charge is -2.16. The highest BCUT2D eigenvalue weighted by Crippen LogP contribution is 1.96. The number of carboxylic acid groups (broad SMARTS) is 1. The van der Waals surface area contributed by atoms with Crippen LogP contribution in [0.3, 0.4) is 0 Å². The van der Waals surface area contributed by atoms with Crippen LogP contribution < -0.4 is 5.73 Å². The lowest BCUT2D eigenvalue weighted by atomic mass is 10.1. The van der Waals surface area contributed by atoms with Gasteiger partial charge in [-0.2, -0.15) is 0 Å². The maximum absolute atomic E-state index is 9.76. The van der Waals surface area contributed by atoms with Gasteiger partial charge in [0.25, 0.3) is 0 Å². The number of aliphatic hydroxyl groups is 4. The van der Waals surface area contributed by atoms with E-state index in [9.17, 15) is 9.59 Å². The number of aliphatic hydroxyl groups excluding tert-OH is 4. The fourth-order valence-electron chi connectivity index (χ4n) is 0.416. The van der Waals surface area contributed by atoms with E-state index in [1.165, 1.54) is 6.92 Å². The summed E-state index contributed by atoms with van der Waals surface area (Å²) in [7, 11) is 0. The normalized spacial score (nSPS) is 17.4. The molecule has 1 unspecified atom stereocenters. The largest absolute Gasteiger partial charge is 0.480 e. The molecular formula is C8H17NO7. The molecule has 0 aromatic rings. The molecule has 0 aromatic heterocycles. The van der Waals surface area contributed by atoms with Crippen molar-refractivity contribution in [3.8, 4) is 0 Å². The minimum absolute atomic E-state index is 0.0869. The number of aliphatic carboxylic acids is 1. The summed E-state index contributed by atoms with van der Waals surface area (Å²) >= 11 is 0. The first-order valence-electron chi connectivity index (χ1n) is 4.36. The van der Waals surface area contributed by atoms with Crippen molar-refractivity contribution in [3.63, 3.8) is 0 Å². The monoisotopic (exact) mass is 239 g/mol. The Morgan fingerprint density at radius 3 is 1.94 bits per heavy atom. The highest BCUT2D eigenvalue weighted by Gasteiger charge is 2.22. The number of aldehydes is 1. The standard InChI is InChI=1S/C5H10O5.C3H7NO2/c6-1-3(8)5(10)4(9)2-7;1-2(4)3(5)6/h1,3-5,7-10H,2H2;2H,4H2,1H3,(H,5,6)/t3-,4+,5-;/m0./s1. The molecule has 8 heteroatoms. The summed E-state index contributed by atoms with van der Waals surface area (Å²) < 4.78 is 0. The quantitative estimate of drug-likeness (QED) is 0.271. The van der Waals surface area contributed by atoms with E-state index in [0.717, 1.165) is 0 Å². The number of rotatable bonds is 5. The molecule has 16 heavy (non-hydrogen) atoms. The van der Waals surface area contributed by atoms with Gasteiger partial charge in [0.1, 0.15) is 24.4 Å². The molecule has 0 aliphatic heterocycles.